The van der Waals surface area contributed by atoms with Crippen LogP contribution < -0.4 is 9.80 Å². The number of benzene rings is 9. The van der Waals surface area contributed by atoms with Crippen LogP contribution in [0, 0.1) is 0 Å². The van der Waals surface area contributed by atoms with Gasteiger partial charge in [0.25, 0.3) is 0 Å². The Kier molecular flexibility index (Phi) is 9.59. The van der Waals surface area contributed by atoms with Crippen LogP contribution in [0.4, 0.5) is 28.4 Å². The van der Waals surface area contributed by atoms with Crippen molar-refractivity contribution in [2.45, 2.75) is 19.3 Å². The van der Waals surface area contributed by atoms with E-state index in [0.29, 0.717) is 0 Å². The molecule has 12 rings (SSSR count). The summed E-state index contributed by atoms with van der Waals surface area (Å²) < 4.78 is 2.38. The Morgan fingerprint density at radius 1 is 0.456 bits per heavy atom. The first-order valence-electron chi connectivity index (χ1n) is 23.2. The summed E-state index contributed by atoms with van der Waals surface area (Å²) in [5.41, 5.74) is 19.5. The second kappa shape index (κ2) is 16.0. The maximum atomic E-state index is 13.9. The Morgan fingerprint density at radius 2 is 0.941 bits per heavy atom. The van der Waals surface area contributed by atoms with E-state index >= 15 is 0 Å². The number of ketones is 1. The number of fused-ring (bicyclic) bond motifs is 7. The van der Waals surface area contributed by atoms with Gasteiger partial charge in [-0.3, -0.25) is 4.79 Å². The zero-order valence-electron chi connectivity index (χ0n) is 38.0. The minimum Gasteiger partial charge on any atom is -0.309 e. The summed E-state index contributed by atoms with van der Waals surface area (Å²) in [6.07, 6.45) is 5.73. The van der Waals surface area contributed by atoms with Crippen LogP contribution in [-0.4, -0.2) is 10.4 Å². The zero-order valence-corrected chi connectivity index (χ0v) is 38.0. The van der Waals surface area contributed by atoms with E-state index in [1.165, 1.54) is 21.9 Å². The summed E-state index contributed by atoms with van der Waals surface area (Å²) in [6, 6.07) is 73.5. The monoisotopic (exact) mass is 873 g/mol. The molecule has 2 aliphatic rings. The molecule has 324 valence electrons. The highest BCUT2D eigenvalue weighted by atomic mass is 16.1. The molecule has 0 saturated heterocycles. The van der Waals surface area contributed by atoms with Gasteiger partial charge in [-0.1, -0.05) is 160 Å². The number of hydrogen-bond donors (Lipinski definition) is 0. The van der Waals surface area contributed by atoms with Gasteiger partial charge in [-0.15, -0.1) is 0 Å². The van der Waals surface area contributed by atoms with Crippen LogP contribution >= 0.6 is 0 Å². The van der Waals surface area contributed by atoms with Gasteiger partial charge in [-0.05, 0) is 136 Å². The number of para-hydroxylation sites is 2. The van der Waals surface area contributed by atoms with Crippen molar-refractivity contribution in [1.82, 2.24) is 4.57 Å². The minimum absolute atomic E-state index is 0.0780. The Balaban J connectivity index is 1.05. The van der Waals surface area contributed by atoms with Gasteiger partial charge in [0.2, 0.25) is 0 Å². The molecule has 1 aliphatic carbocycles. The fourth-order valence-electron chi connectivity index (χ4n) is 10.7. The van der Waals surface area contributed by atoms with Gasteiger partial charge in [0.05, 0.1) is 33.8 Å². The van der Waals surface area contributed by atoms with Crippen LogP contribution in [0.2, 0.25) is 0 Å². The van der Waals surface area contributed by atoms with Crippen LogP contribution in [0.25, 0.3) is 60.9 Å². The molecule has 0 spiro atoms. The molecule has 0 N–H and O–H groups in total. The number of aromatic nitrogens is 1. The van der Waals surface area contributed by atoms with Crippen molar-refractivity contribution in [3.63, 3.8) is 0 Å². The zero-order chi connectivity index (χ0) is 46.1. The van der Waals surface area contributed by atoms with Crippen LogP contribution in [0.1, 0.15) is 40.9 Å². The molecule has 0 unspecified atom stereocenters. The number of allylic oxidation sites excluding steroid dienone is 3. The number of anilines is 5. The van der Waals surface area contributed by atoms with Crippen molar-refractivity contribution in [3.05, 3.63) is 266 Å². The Hall–Kier alpha value is -8.73. The molecule has 0 amide bonds. The molecule has 1 aromatic heterocycles. The van der Waals surface area contributed by atoms with Gasteiger partial charge in [-0.2, -0.15) is 0 Å². The number of hydrogen-bond acceptors (Lipinski definition) is 3. The standard InChI is InChI=1S/C64H47N3O/c1-5-18-48(6-2)65-59-35-30-46(44-29-34-58-54(38-44)53-37-43(42-19-10-7-11-20-42)28-33-57(53)66(58)49-21-12-8-13-22-49)40-61(59)67(50-23-14-9-15-24-50)62-41-47(31-36-60(62)65)45-27-32-52-56(39-45)64(3,4)55-26-17-16-25-51(55)63(52)68/h5-41H,1-2H2,3-4H3/b48-18+. The van der Waals surface area contributed by atoms with Crippen LogP contribution in [0.15, 0.2) is 243 Å². The third kappa shape index (κ3) is 6.40. The van der Waals surface area contributed by atoms with E-state index in [-0.39, 0.29) is 11.2 Å². The second-order valence-corrected chi connectivity index (χ2v) is 18.2. The molecule has 1 aliphatic heterocycles. The van der Waals surface area contributed by atoms with Gasteiger partial charge in [0, 0.05) is 44.4 Å². The SMILES string of the molecule is C=C/C=C(\C=C)N1c2ccc(-c3ccc4c(c3)C(C)(C)c3ccccc3C4=O)cc2N(c2ccccc2)c2cc(-c3ccc4c(c3)c3cc(-c5ccccc5)ccc3n4-c3ccccc3)ccc21. The van der Waals surface area contributed by atoms with Gasteiger partial charge < -0.3 is 14.4 Å². The van der Waals surface area contributed by atoms with E-state index < -0.39 is 0 Å². The van der Waals surface area contributed by atoms with Crippen LogP contribution in [0.5, 0.6) is 0 Å². The normalized spacial score (nSPS) is 13.7. The molecule has 0 atom stereocenters. The molecule has 2 heterocycles. The third-order valence-corrected chi connectivity index (χ3v) is 14.0. The van der Waals surface area contributed by atoms with E-state index in [2.05, 4.69) is 223 Å². The highest BCUT2D eigenvalue weighted by Gasteiger charge is 2.37. The molecule has 0 fully saturated rings. The van der Waals surface area contributed by atoms with E-state index in [1.54, 1.807) is 0 Å². The first kappa shape index (κ1) is 40.8. The smallest absolute Gasteiger partial charge is 0.193 e. The Bertz CT molecular complexity index is 3710. The van der Waals surface area contributed by atoms with Crippen LogP contribution in [-0.2, 0) is 5.41 Å². The molecule has 9 aromatic carbocycles. The summed E-state index contributed by atoms with van der Waals surface area (Å²) in [7, 11) is 0. The molecular formula is C64H47N3O. The molecule has 0 radical (unpaired) electrons. The fourth-order valence-corrected chi connectivity index (χ4v) is 10.7. The van der Waals surface area contributed by atoms with Gasteiger partial charge in [0.1, 0.15) is 0 Å². The molecule has 10 aromatic rings. The summed E-state index contributed by atoms with van der Waals surface area (Å²) in [5, 5.41) is 2.39. The van der Waals surface area contributed by atoms with E-state index in [9.17, 15) is 4.79 Å². The van der Waals surface area contributed by atoms with Gasteiger partial charge in [0.15, 0.2) is 5.78 Å². The summed E-state index contributed by atoms with van der Waals surface area (Å²) in [6.45, 7) is 12.8. The molecular weight excluding hydrogens is 827 g/mol. The molecule has 0 saturated carbocycles. The molecule has 0 bridgehead atoms. The number of rotatable bonds is 8. The minimum atomic E-state index is -0.357. The Labute approximate surface area is 397 Å². The first-order chi connectivity index (χ1) is 33.3. The lowest BCUT2D eigenvalue weighted by molar-refractivity contribution is 0.103. The van der Waals surface area contributed by atoms with Crippen molar-refractivity contribution >= 4 is 56.0 Å². The van der Waals surface area contributed by atoms with Crippen molar-refractivity contribution in [2.24, 2.45) is 0 Å². The summed E-state index contributed by atoms with van der Waals surface area (Å²) in [4.78, 5) is 18.6. The topological polar surface area (TPSA) is 28.5 Å². The lowest BCUT2D eigenvalue weighted by Crippen LogP contribution is -2.30. The van der Waals surface area contributed by atoms with Crippen molar-refractivity contribution < 1.29 is 4.79 Å². The molecule has 4 nitrogen and oxygen atoms in total. The molecule has 4 heteroatoms. The number of carbonyl (C=O) groups is 1. The predicted octanol–water partition coefficient (Wildman–Crippen LogP) is 16.8. The van der Waals surface area contributed by atoms with E-state index in [4.69, 9.17) is 0 Å². The van der Waals surface area contributed by atoms with Crippen molar-refractivity contribution in [2.75, 3.05) is 9.80 Å². The predicted molar refractivity (Wildman–Crippen MR) is 284 cm³/mol. The van der Waals surface area contributed by atoms with Crippen molar-refractivity contribution in [1.29, 1.82) is 0 Å². The maximum absolute atomic E-state index is 13.9. The summed E-state index contributed by atoms with van der Waals surface area (Å²) >= 11 is 0. The summed E-state index contributed by atoms with van der Waals surface area (Å²) in [5.74, 6) is 0.0780. The highest BCUT2D eigenvalue weighted by Crippen LogP contribution is 2.55. The van der Waals surface area contributed by atoms with Crippen LogP contribution in [0.3, 0.4) is 0 Å². The second-order valence-electron chi connectivity index (χ2n) is 18.2. The van der Waals surface area contributed by atoms with Gasteiger partial charge >= 0.3 is 0 Å². The first-order valence-corrected chi connectivity index (χ1v) is 23.2. The average molecular weight is 874 g/mol. The lowest BCUT2D eigenvalue weighted by atomic mass is 9.68. The highest BCUT2D eigenvalue weighted by molar-refractivity contribution is 6.14. The average Bonchev–Trinajstić information content (AvgIpc) is 3.72. The number of nitrogens with zero attached hydrogens (tertiary/aromatic N) is 3. The van der Waals surface area contributed by atoms with Gasteiger partial charge in [-0.25, -0.2) is 0 Å². The quantitative estimate of drug-likeness (QED) is 0.142. The van der Waals surface area contributed by atoms with E-state index in [0.717, 1.165) is 95.4 Å². The molecule has 68 heavy (non-hydrogen) atoms. The maximum Gasteiger partial charge on any atom is 0.193 e. The third-order valence-electron chi connectivity index (χ3n) is 14.0. The Morgan fingerprint density at radius 3 is 1.54 bits per heavy atom. The fraction of sp³-hybridized carbons (Fsp3) is 0.0469. The lowest BCUT2D eigenvalue weighted by Gasteiger charge is -2.41. The largest absolute Gasteiger partial charge is 0.309 e. The van der Waals surface area contributed by atoms with Crippen molar-refractivity contribution in [3.8, 4) is 39.1 Å². The van der Waals surface area contributed by atoms with E-state index in [1.807, 2.05) is 42.5 Å². The number of carbonyl (C=O) groups excluding carboxylic acids is 1.